The highest BCUT2D eigenvalue weighted by molar-refractivity contribution is 6.31. The van der Waals surface area contributed by atoms with E-state index in [0.717, 1.165) is 35.9 Å². The molecule has 0 radical (unpaired) electrons. The van der Waals surface area contributed by atoms with Gasteiger partial charge in [0.1, 0.15) is 0 Å². The first-order valence-corrected chi connectivity index (χ1v) is 7.80. The highest BCUT2D eigenvalue weighted by Gasteiger charge is 2.20. The van der Waals surface area contributed by atoms with Crippen molar-refractivity contribution in [1.29, 1.82) is 0 Å². The molecular weight excluding hydrogens is 282 g/mol. The van der Waals surface area contributed by atoms with E-state index in [9.17, 15) is 0 Å². The fourth-order valence-electron chi connectivity index (χ4n) is 2.50. The first-order chi connectivity index (χ1) is 9.95. The Morgan fingerprint density at radius 3 is 2.48 bits per heavy atom. The molecule has 21 heavy (non-hydrogen) atoms. The molecule has 114 valence electrons. The second kappa shape index (κ2) is 6.63. The lowest BCUT2D eigenvalue weighted by Gasteiger charge is -2.25. The summed E-state index contributed by atoms with van der Waals surface area (Å²) >= 11 is 6.37. The molecule has 0 fully saturated rings. The van der Waals surface area contributed by atoms with Crippen molar-refractivity contribution < 1.29 is 0 Å². The van der Waals surface area contributed by atoms with E-state index < -0.39 is 0 Å². The van der Waals surface area contributed by atoms with Crippen LogP contribution in [0.5, 0.6) is 0 Å². The third-order valence-electron chi connectivity index (χ3n) is 3.92. The van der Waals surface area contributed by atoms with Crippen molar-refractivity contribution in [2.24, 2.45) is 7.05 Å². The molecule has 1 heterocycles. The number of aromatic nitrogens is 2. The molecule has 0 atom stereocenters. The number of rotatable bonds is 6. The first kappa shape index (κ1) is 16.1. The van der Waals surface area contributed by atoms with E-state index in [2.05, 4.69) is 61.5 Å². The molecule has 2 rings (SSSR count). The summed E-state index contributed by atoms with van der Waals surface area (Å²) in [6, 6.07) is 10.6. The highest BCUT2D eigenvalue weighted by Crippen LogP contribution is 2.23. The number of benzene rings is 1. The zero-order valence-corrected chi connectivity index (χ0v) is 14.0. The van der Waals surface area contributed by atoms with Crippen LogP contribution in [0.2, 0.25) is 5.02 Å². The van der Waals surface area contributed by atoms with Gasteiger partial charge in [-0.05, 0) is 12.0 Å². The Morgan fingerprint density at radius 2 is 1.90 bits per heavy atom. The molecule has 0 amide bonds. The number of nitrogens with zero attached hydrogens (tertiary/aromatic N) is 2. The molecule has 0 aliphatic rings. The summed E-state index contributed by atoms with van der Waals surface area (Å²) in [5.41, 5.74) is 3.44. The number of nitrogens with one attached hydrogen (secondary N) is 1. The van der Waals surface area contributed by atoms with Crippen LogP contribution in [0, 0.1) is 0 Å². The van der Waals surface area contributed by atoms with Gasteiger partial charge in [-0.15, -0.1) is 0 Å². The average molecular weight is 306 g/mol. The van der Waals surface area contributed by atoms with Gasteiger partial charge in [0.2, 0.25) is 0 Å². The van der Waals surface area contributed by atoms with Crippen LogP contribution in [-0.2, 0) is 25.4 Å². The lowest BCUT2D eigenvalue weighted by atomic mass is 9.84. The van der Waals surface area contributed by atoms with Gasteiger partial charge in [0, 0.05) is 25.6 Å². The van der Waals surface area contributed by atoms with Crippen LogP contribution in [-0.4, -0.2) is 16.3 Å². The first-order valence-electron chi connectivity index (χ1n) is 7.42. The van der Waals surface area contributed by atoms with E-state index in [0.29, 0.717) is 0 Å². The molecule has 3 nitrogen and oxygen atoms in total. The Morgan fingerprint density at radius 1 is 1.24 bits per heavy atom. The van der Waals surface area contributed by atoms with E-state index in [-0.39, 0.29) is 5.41 Å². The fraction of sp³-hybridized carbons (Fsp3) is 0.471. The minimum absolute atomic E-state index is 0.0832. The van der Waals surface area contributed by atoms with Crippen LogP contribution < -0.4 is 5.32 Å². The summed E-state index contributed by atoms with van der Waals surface area (Å²) < 4.78 is 1.88. The summed E-state index contributed by atoms with van der Waals surface area (Å²) in [6.45, 7) is 8.19. The maximum Gasteiger partial charge on any atom is 0.0863 e. The topological polar surface area (TPSA) is 29.9 Å². The minimum atomic E-state index is 0.0832. The Balaban J connectivity index is 2.00. The molecule has 0 saturated heterocycles. The summed E-state index contributed by atoms with van der Waals surface area (Å²) in [5.74, 6) is 0. The van der Waals surface area contributed by atoms with Crippen molar-refractivity contribution >= 4 is 11.6 Å². The van der Waals surface area contributed by atoms with Crippen LogP contribution in [0.1, 0.15) is 37.7 Å². The predicted octanol–water partition coefficient (Wildman–Crippen LogP) is 3.70. The summed E-state index contributed by atoms with van der Waals surface area (Å²) in [4.78, 5) is 0. The zero-order chi connectivity index (χ0) is 15.5. The van der Waals surface area contributed by atoms with Gasteiger partial charge in [0.05, 0.1) is 16.4 Å². The van der Waals surface area contributed by atoms with E-state index in [1.54, 1.807) is 0 Å². The van der Waals surface area contributed by atoms with Crippen molar-refractivity contribution in [1.82, 2.24) is 15.1 Å². The van der Waals surface area contributed by atoms with Gasteiger partial charge >= 0.3 is 0 Å². The Bertz CT molecular complexity index is 588. The van der Waals surface area contributed by atoms with Crippen LogP contribution in [0.15, 0.2) is 30.3 Å². The molecule has 0 saturated carbocycles. The van der Waals surface area contributed by atoms with Crippen LogP contribution in [0.25, 0.3) is 0 Å². The number of hydrogen-bond donors (Lipinski definition) is 1. The molecule has 1 aromatic carbocycles. The third-order valence-corrected chi connectivity index (χ3v) is 4.35. The van der Waals surface area contributed by atoms with Gasteiger partial charge in [0.25, 0.3) is 0 Å². The van der Waals surface area contributed by atoms with E-state index >= 15 is 0 Å². The SMILES string of the molecule is CCc1nn(C)c(CNCC(C)(C)c2ccccc2)c1Cl. The van der Waals surface area contributed by atoms with Crippen molar-refractivity contribution in [3.63, 3.8) is 0 Å². The monoisotopic (exact) mass is 305 g/mol. The quantitative estimate of drug-likeness (QED) is 0.882. The van der Waals surface area contributed by atoms with Crippen LogP contribution in [0.3, 0.4) is 0 Å². The molecule has 0 aliphatic heterocycles. The van der Waals surface area contributed by atoms with Gasteiger partial charge in [-0.2, -0.15) is 5.10 Å². The van der Waals surface area contributed by atoms with Crippen LogP contribution in [0.4, 0.5) is 0 Å². The largest absolute Gasteiger partial charge is 0.310 e. The smallest absolute Gasteiger partial charge is 0.0863 e. The van der Waals surface area contributed by atoms with Crippen molar-refractivity contribution in [3.8, 4) is 0 Å². The predicted molar refractivity (Wildman–Crippen MR) is 88.8 cm³/mol. The van der Waals surface area contributed by atoms with Crippen molar-refractivity contribution in [2.45, 2.75) is 39.2 Å². The van der Waals surface area contributed by atoms with Gasteiger partial charge < -0.3 is 5.32 Å². The standard InChI is InChI=1S/C17H24ClN3/c1-5-14-16(18)15(21(4)20-14)11-19-12-17(2,3)13-9-7-6-8-10-13/h6-10,19H,5,11-12H2,1-4H3. The normalized spacial score (nSPS) is 11.9. The van der Waals surface area contributed by atoms with Crippen LogP contribution >= 0.6 is 11.6 Å². The highest BCUT2D eigenvalue weighted by atomic mass is 35.5. The molecule has 0 aliphatic carbocycles. The van der Waals surface area contributed by atoms with E-state index in [4.69, 9.17) is 11.6 Å². The minimum Gasteiger partial charge on any atom is -0.310 e. The van der Waals surface area contributed by atoms with E-state index in [1.807, 2.05) is 11.7 Å². The summed E-state index contributed by atoms with van der Waals surface area (Å²) in [6.07, 6.45) is 0.863. The lowest BCUT2D eigenvalue weighted by Crippen LogP contribution is -2.33. The Labute approximate surface area is 132 Å². The summed E-state index contributed by atoms with van der Waals surface area (Å²) in [5, 5.41) is 8.76. The van der Waals surface area contributed by atoms with Gasteiger partial charge in [-0.1, -0.05) is 62.7 Å². The number of aryl methyl sites for hydroxylation is 2. The Kier molecular flexibility index (Phi) is 5.07. The molecule has 2 aromatic rings. The fourth-order valence-corrected chi connectivity index (χ4v) is 2.86. The molecular formula is C17H24ClN3. The maximum atomic E-state index is 6.37. The van der Waals surface area contributed by atoms with Gasteiger partial charge in [-0.3, -0.25) is 4.68 Å². The molecule has 1 N–H and O–H groups in total. The summed E-state index contributed by atoms with van der Waals surface area (Å²) in [7, 11) is 1.95. The maximum absolute atomic E-state index is 6.37. The molecule has 4 heteroatoms. The number of hydrogen-bond acceptors (Lipinski definition) is 2. The second-order valence-electron chi connectivity index (χ2n) is 6.04. The van der Waals surface area contributed by atoms with Crippen molar-refractivity contribution in [3.05, 3.63) is 52.3 Å². The van der Waals surface area contributed by atoms with Crippen molar-refractivity contribution in [2.75, 3.05) is 6.54 Å². The third kappa shape index (κ3) is 3.66. The molecule has 1 aromatic heterocycles. The second-order valence-corrected chi connectivity index (χ2v) is 6.42. The average Bonchev–Trinajstić information content (AvgIpc) is 2.75. The van der Waals surface area contributed by atoms with E-state index in [1.165, 1.54) is 5.56 Å². The van der Waals surface area contributed by atoms with Gasteiger partial charge in [0.15, 0.2) is 0 Å². The molecule has 0 spiro atoms. The number of halogens is 1. The lowest BCUT2D eigenvalue weighted by molar-refractivity contribution is 0.462. The van der Waals surface area contributed by atoms with Gasteiger partial charge in [-0.25, -0.2) is 0 Å². The zero-order valence-electron chi connectivity index (χ0n) is 13.3. The molecule has 0 bridgehead atoms. The molecule has 0 unspecified atom stereocenters. The Hall–Kier alpha value is -1.32.